The highest BCUT2D eigenvalue weighted by Crippen LogP contribution is 2.31. The van der Waals surface area contributed by atoms with Crippen LogP contribution >= 0.6 is 15.9 Å². The minimum absolute atomic E-state index is 0.0304. The van der Waals surface area contributed by atoms with Gasteiger partial charge in [-0.2, -0.15) is 0 Å². The Bertz CT molecular complexity index is 349. The standard InChI is InChI=1S/C11H15BrN2/c12-10-5-8(11(14)6-13)4-7-2-1-3-9(7)10/h4-5,11H,1-3,6,13-14H2/t11-/m1/s1. The van der Waals surface area contributed by atoms with Gasteiger partial charge >= 0.3 is 0 Å². The summed E-state index contributed by atoms with van der Waals surface area (Å²) in [6, 6.07) is 4.30. The van der Waals surface area contributed by atoms with E-state index in [1.807, 2.05) is 0 Å². The molecule has 0 saturated carbocycles. The monoisotopic (exact) mass is 254 g/mol. The number of benzene rings is 1. The van der Waals surface area contributed by atoms with Crippen LogP contribution < -0.4 is 11.5 Å². The van der Waals surface area contributed by atoms with Crippen molar-refractivity contribution < 1.29 is 0 Å². The lowest BCUT2D eigenvalue weighted by atomic mass is 10.0. The van der Waals surface area contributed by atoms with Crippen LogP contribution in [0.2, 0.25) is 0 Å². The number of hydrogen-bond donors (Lipinski definition) is 2. The normalized spacial score (nSPS) is 16.8. The Kier molecular flexibility index (Phi) is 2.91. The summed E-state index contributed by atoms with van der Waals surface area (Å²) in [7, 11) is 0. The summed E-state index contributed by atoms with van der Waals surface area (Å²) in [6.07, 6.45) is 3.63. The van der Waals surface area contributed by atoms with Gasteiger partial charge in [0, 0.05) is 17.1 Å². The Morgan fingerprint density at radius 3 is 2.86 bits per heavy atom. The van der Waals surface area contributed by atoms with Crippen LogP contribution in [0.4, 0.5) is 0 Å². The second-order valence-electron chi connectivity index (χ2n) is 3.84. The highest BCUT2D eigenvalue weighted by atomic mass is 79.9. The van der Waals surface area contributed by atoms with Crippen molar-refractivity contribution in [3.8, 4) is 0 Å². The van der Waals surface area contributed by atoms with Gasteiger partial charge in [-0.05, 0) is 42.0 Å². The molecule has 0 radical (unpaired) electrons. The first kappa shape index (κ1) is 10.1. The van der Waals surface area contributed by atoms with E-state index in [-0.39, 0.29) is 6.04 Å². The molecule has 1 atom stereocenters. The maximum atomic E-state index is 5.91. The molecule has 0 unspecified atom stereocenters. The highest BCUT2D eigenvalue weighted by Gasteiger charge is 2.16. The van der Waals surface area contributed by atoms with E-state index in [0.29, 0.717) is 6.54 Å². The highest BCUT2D eigenvalue weighted by molar-refractivity contribution is 9.10. The fraction of sp³-hybridized carbons (Fsp3) is 0.455. The summed E-state index contributed by atoms with van der Waals surface area (Å²) in [5, 5.41) is 0. The van der Waals surface area contributed by atoms with Crippen molar-refractivity contribution in [3.63, 3.8) is 0 Å². The molecule has 0 aromatic heterocycles. The molecular weight excluding hydrogens is 240 g/mol. The zero-order chi connectivity index (χ0) is 10.1. The summed E-state index contributed by atoms with van der Waals surface area (Å²) < 4.78 is 1.20. The number of fused-ring (bicyclic) bond motifs is 1. The fourth-order valence-electron chi connectivity index (χ4n) is 2.03. The quantitative estimate of drug-likeness (QED) is 0.847. The molecule has 1 aliphatic rings. The Morgan fingerprint density at radius 2 is 2.14 bits per heavy atom. The van der Waals surface area contributed by atoms with Crippen molar-refractivity contribution in [1.29, 1.82) is 0 Å². The average Bonchev–Trinajstić information content (AvgIpc) is 2.64. The molecular formula is C11H15BrN2. The minimum Gasteiger partial charge on any atom is -0.329 e. The Hall–Kier alpha value is -0.380. The molecule has 0 heterocycles. The zero-order valence-corrected chi connectivity index (χ0v) is 9.68. The fourth-order valence-corrected chi connectivity index (χ4v) is 2.74. The summed E-state index contributed by atoms with van der Waals surface area (Å²) in [6.45, 7) is 0.505. The van der Waals surface area contributed by atoms with E-state index in [2.05, 4.69) is 28.1 Å². The molecule has 0 spiro atoms. The minimum atomic E-state index is -0.0304. The molecule has 2 rings (SSSR count). The van der Waals surface area contributed by atoms with E-state index in [0.717, 1.165) is 5.56 Å². The van der Waals surface area contributed by atoms with Gasteiger partial charge in [-0.25, -0.2) is 0 Å². The van der Waals surface area contributed by atoms with E-state index in [1.54, 1.807) is 0 Å². The number of hydrogen-bond acceptors (Lipinski definition) is 2. The van der Waals surface area contributed by atoms with Crippen molar-refractivity contribution in [1.82, 2.24) is 0 Å². The van der Waals surface area contributed by atoms with E-state index in [4.69, 9.17) is 11.5 Å². The number of aryl methyl sites for hydroxylation is 1. The first-order valence-electron chi connectivity index (χ1n) is 4.99. The molecule has 76 valence electrons. The van der Waals surface area contributed by atoms with E-state index in [9.17, 15) is 0 Å². The van der Waals surface area contributed by atoms with Crippen molar-refractivity contribution in [2.24, 2.45) is 11.5 Å². The molecule has 14 heavy (non-hydrogen) atoms. The Labute approximate surface area is 92.8 Å². The third-order valence-corrected chi connectivity index (χ3v) is 3.57. The van der Waals surface area contributed by atoms with Crippen molar-refractivity contribution in [3.05, 3.63) is 33.3 Å². The van der Waals surface area contributed by atoms with Gasteiger partial charge in [-0.15, -0.1) is 0 Å². The van der Waals surface area contributed by atoms with Crippen LogP contribution in [0.25, 0.3) is 0 Å². The van der Waals surface area contributed by atoms with E-state index < -0.39 is 0 Å². The van der Waals surface area contributed by atoms with Gasteiger partial charge in [0.1, 0.15) is 0 Å². The molecule has 4 N–H and O–H groups in total. The lowest BCUT2D eigenvalue weighted by Gasteiger charge is -2.12. The maximum Gasteiger partial charge on any atom is 0.0419 e. The SMILES string of the molecule is NC[C@@H](N)c1cc(Br)c2c(c1)CCC2. The van der Waals surface area contributed by atoms with Gasteiger partial charge in [0.2, 0.25) is 0 Å². The number of rotatable bonds is 2. The van der Waals surface area contributed by atoms with Crippen LogP contribution in [0.15, 0.2) is 16.6 Å². The van der Waals surface area contributed by atoms with Crippen LogP contribution in [-0.2, 0) is 12.8 Å². The van der Waals surface area contributed by atoms with Gasteiger partial charge in [0.15, 0.2) is 0 Å². The van der Waals surface area contributed by atoms with Gasteiger partial charge in [0.05, 0.1) is 0 Å². The summed E-state index contributed by atoms with van der Waals surface area (Å²) in [5.41, 5.74) is 15.5. The first-order valence-corrected chi connectivity index (χ1v) is 5.78. The molecule has 2 nitrogen and oxygen atoms in total. The molecule has 0 bridgehead atoms. The largest absolute Gasteiger partial charge is 0.329 e. The van der Waals surface area contributed by atoms with Crippen LogP contribution in [0.5, 0.6) is 0 Å². The second kappa shape index (κ2) is 4.01. The molecule has 0 aliphatic heterocycles. The molecule has 0 fully saturated rings. The summed E-state index contributed by atoms with van der Waals surface area (Å²) in [4.78, 5) is 0. The predicted octanol–water partition coefficient (Wildman–Crippen LogP) is 1.90. The van der Waals surface area contributed by atoms with Gasteiger partial charge in [0.25, 0.3) is 0 Å². The van der Waals surface area contributed by atoms with E-state index in [1.165, 1.54) is 34.9 Å². The first-order chi connectivity index (χ1) is 6.72. The molecule has 1 aromatic carbocycles. The zero-order valence-electron chi connectivity index (χ0n) is 8.09. The number of halogens is 1. The molecule has 0 amide bonds. The second-order valence-corrected chi connectivity index (χ2v) is 4.69. The van der Waals surface area contributed by atoms with Gasteiger partial charge < -0.3 is 11.5 Å². The van der Waals surface area contributed by atoms with Crippen LogP contribution in [0, 0.1) is 0 Å². The average molecular weight is 255 g/mol. The molecule has 1 aromatic rings. The Morgan fingerprint density at radius 1 is 1.36 bits per heavy atom. The smallest absolute Gasteiger partial charge is 0.0419 e. The van der Waals surface area contributed by atoms with Crippen LogP contribution in [0.3, 0.4) is 0 Å². The molecule has 1 aliphatic carbocycles. The Balaban J connectivity index is 2.41. The van der Waals surface area contributed by atoms with Gasteiger partial charge in [-0.3, -0.25) is 0 Å². The third kappa shape index (κ3) is 1.72. The third-order valence-electron chi connectivity index (χ3n) is 2.87. The van der Waals surface area contributed by atoms with Crippen molar-refractivity contribution in [2.75, 3.05) is 6.54 Å². The lowest BCUT2D eigenvalue weighted by molar-refractivity contribution is 0.735. The van der Waals surface area contributed by atoms with Crippen LogP contribution in [0.1, 0.15) is 29.2 Å². The van der Waals surface area contributed by atoms with Crippen molar-refractivity contribution >= 4 is 15.9 Å². The summed E-state index contributed by atoms with van der Waals surface area (Å²) in [5.74, 6) is 0. The molecule has 3 heteroatoms. The lowest BCUT2D eigenvalue weighted by Crippen LogP contribution is -2.20. The maximum absolute atomic E-state index is 5.91. The number of nitrogens with two attached hydrogens (primary N) is 2. The summed E-state index contributed by atoms with van der Waals surface area (Å²) >= 11 is 3.60. The van der Waals surface area contributed by atoms with E-state index >= 15 is 0 Å². The molecule has 0 saturated heterocycles. The van der Waals surface area contributed by atoms with Gasteiger partial charge in [-0.1, -0.05) is 22.0 Å². The van der Waals surface area contributed by atoms with Crippen LogP contribution in [-0.4, -0.2) is 6.54 Å². The van der Waals surface area contributed by atoms with Crippen molar-refractivity contribution in [2.45, 2.75) is 25.3 Å². The predicted molar refractivity (Wildman–Crippen MR) is 62.1 cm³/mol. The topological polar surface area (TPSA) is 52.0 Å².